The summed E-state index contributed by atoms with van der Waals surface area (Å²) < 4.78 is 5.32. The maximum atomic E-state index is 14.4. The van der Waals surface area contributed by atoms with Gasteiger partial charge in [-0.1, -0.05) is 48.5 Å². The van der Waals surface area contributed by atoms with Crippen LogP contribution < -0.4 is 11.1 Å². The lowest BCUT2D eigenvalue weighted by atomic mass is 9.99. The lowest BCUT2D eigenvalue weighted by molar-refractivity contribution is -0.136. The summed E-state index contributed by atoms with van der Waals surface area (Å²) in [4.78, 5) is 29.5. The minimum absolute atomic E-state index is 0.0221. The maximum absolute atomic E-state index is 14.4. The molecule has 0 fully saturated rings. The number of nitrogens with one attached hydrogen (secondary N) is 2. The van der Waals surface area contributed by atoms with Crippen LogP contribution in [0.3, 0.4) is 0 Å². The standard InChI is InChI=1S/C44H72N8O13/c1-44(2,3)65-43(64)46-21-7-5-9-32(42-47-49-50-48-42)52(37(59)19-14-29-12-17-31(18-13-29)30-15-10-28(11-16-30)8-4-6-20-45)23-22-51(24-33(55)38(60)40(62)35(57)26-53)25-34(56)39(61)41(63)36(58)27-54/h10-13,15-18,32-36,38-41,53-58,60-63H,4-9,14,19-27,45H2,1-3H3,(H,46,64)(H,47,48,49,50)/t32-,33-,34-,35+,36+,38+,39+,40+,41+/m0/s1. The number of H-pyrrole nitrogens is 1. The van der Waals surface area contributed by atoms with E-state index >= 15 is 0 Å². The highest BCUT2D eigenvalue weighted by atomic mass is 16.6. The molecule has 3 rings (SSSR count). The third-order valence-electron chi connectivity index (χ3n) is 10.9. The van der Waals surface area contributed by atoms with Crippen LogP contribution in [-0.2, 0) is 22.4 Å². The molecule has 65 heavy (non-hydrogen) atoms. The molecule has 0 bridgehead atoms. The van der Waals surface area contributed by atoms with E-state index in [1.165, 1.54) is 15.4 Å². The monoisotopic (exact) mass is 921 g/mol. The van der Waals surface area contributed by atoms with E-state index in [0.717, 1.165) is 36.0 Å². The Morgan fingerprint density at radius 1 is 0.723 bits per heavy atom. The van der Waals surface area contributed by atoms with Gasteiger partial charge in [0.1, 0.15) is 42.2 Å². The molecular formula is C44H72N8O13. The lowest BCUT2D eigenvalue weighted by Crippen LogP contribution is -2.54. The molecule has 2 aromatic carbocycles. The van der Waals surface area contributed by atoms with Gasteiger partial charge in [0.25, 0.3) is 0 Å². The van der Waals surface area contributed by atoms with Gasteiger partial charge in [-0.05, 0) is 105 Å². The number of nitrogens with two attached hydrogens (primary N) is 1. The van der Waals surface area contributed by atoms with Crippen molar-refractivity contribution in [1.82, 2.24) is 35.7 Å². The van der Waals surface area contributed by atoms with Gasteiger partial charge in [0.15, 0.2) is 5.82 Å². The number of ether oxygens (including phenoxy) is 1. The number of nitrogens with zero attached hydrogens (tertiary/aromatic N) is 5. The third-order valence-corrected chi connectivity index (χ3v) is 10.9. The molecule has 0 aliphatic rings. The number of carbonyl (C=O) groups excluding carboxylic acids is 2. The Labute approximate surface area is 379 Å². The summed E-state index contributed by atoms with van der Waals surface area (Å²) in [6, 6.07) is 15.5. The van der Waals surface area contributed by atoms with Crippen LogP contribution in [0.25, 0.3) is 11.1 Å². The van der Waals surface area contributed by atoms with Gasteiger partial charge < -0.3 is 71.8 Å². The molecule has 21 nitrogen and oxygen atoms in total. The molecule has 2 amide bonds. The number of hydrogen-bond acceptors (Lipinski definition) is 18. The van der Waals surface area contributed by atoms with Crippen molar-refractivity contribution >= 4 is 12.0 Å². The van der Waals surface area contributed by atoms with Gasteiger partial charge in [-0.2, -0.15) is 0 Å². The van der Waals surface area contributed by atoms with Crippen LogP contribution in [0.4, 0.5) is 4.79 Å². The molecule has 0 spiro atoms. The number of unbranched alkanes of at least 4 members (excludes halogenated alkanes) is 2. The fourth-order valence-electron chi connectivity index (χ4n) is 7.14. The second-order valence-corrected chi connectivity index (χ2v) is 17.3. The summed E-state index contributed by atoms with van der Waals surface area (Å²) in [6.45, 7) is 2.96. The number of carbonyl (C=O) groups is 2. The summed E-state index contributed by atoms with van der Waals surface area (Å²) >= 11 is 0. The van der Waals surface area contributed by atoms with Gasteiger partial charge in [0, 0.05) is 39.1 Å². The molecule has 14 N–H and O–H groups in total. The van der Waals surface area contributed by atoms with Crippen molar-refractivity contribution in [3.63, 3.8) is 0 Å². The van der Waals surface area contributed by atoms with Crippen molar-refractivity contribution in [2.75, 3.05) is 52.5 Å². The number of benzene rings is 2. The quantitative estimate of drug-likeness (QED) is 0.0339. The minimum Gasteiger partial charge on any atom is -0.444 e. The summed E-state index contributed by atoms with van der Waals surface area (Å²) in [6.07, 6.45) is -11.2. The van der Waals surface area contributed by atoms with E-state index in [4.69, 9.17) is 10.5 Å². The maximum Gasteiger partial charge on any atom is 0.407 e. The average Bonchev–Trinajstić information content (AvgIpc) is 3.83. The first-order valence-electron chi connectivity index (χ1n) is 22.2. The number of aryl methyl sites for hydroxylation is 2. The first-order valence-corrected chi connectivity index (χ1v) is 22.2. The smallest absolute Gasteiger partial charge is 0.407 e. The molecule has 0 aliphatic heterocycles. The Morgan fingerprint density at radius 2 is 1.25 bits per heavy atom. The molecule has 0 unspecified atom stereocenters. The van der Waals surface area contributed by atoms with Crippen molar-refractivity contribution in [3.8, 4) is 11.1 Å². The number of aliphatic hydroxyl groups is 10. The van der Waals surface area contributed by atoms with Crippen molar-refractivity contribution in [1.29, 1.82) is 0 Å². The van der Waals surface area contributed by atoms with Crippen LogP contribution in [0.5, 0.6) is 0 Å². The molecular weight excluding hydrogens is 849 g/mol. The van der Waals surface area contributed by atoms with Crippen molar-refractivity contribution < 1.29 is 65.4 Å². The molecule has 0 radical (unpaired) electrons. The lowest BCUT2D eigenvalue weighted by Gasteiger charge is -2.36. The zero-order chi connectivity index (χ0) is 48.1. The zero-order valence-corrected chi connectivity index (χ0v) is 37.6. The highest BCUT2D eigenvalue weighted by Crippen LogP contribution is 2.26. The van der Waals surface area contributed by atoms with E-state index in [0.29, 0.717) is 32.2 Å². The fourth-order valence-corrected chi connectivity index (χ4v) is 7.14. The molecule has 1 heterocycles. The molecule has 3 aromatic rings. The van der Waals surface area contributed by atoms with Crippen LogP contribution in [0.15, 0.2) is 48.5 Å². The predicted octanol–water partition coefficient (Wildman–Crippen LogP) is -1.48. The van der Waals surface area contributed by atoms with Gasteiger partial charge >= 0.3 is 6.09 Å². The van der Waals surface area contributed by atoms with Crippen LogP contribution >= 0.6 is 0 Å². The number of aromatic nitrogens is 4. The number of amides is 2. The normalized spacial score (nSPS) is 16.2. The van der Waals surface area contributed by atoms with Gasteiger partial charge in [-0.3, -0.25) is 9.69 Å². The van der Waals surface area contributed by atoms with Crippen molar-refractivity contribution in [3.05, 3.63) is 65.5 Å². The largest absolute Gasteiger partial charge is 0.444 e. The first-order chi connectivity index (χ1) is 30.9. The van der Waals surface area contributed by atoms with E-state index in [-0.39, 0.29) is 37.8 Å². The summed E-state index contributed by atoms with van der Waals surface area (Å²) in [5.74, 6) is -0.0930. The van der Waals surface area contributed by atoms with Crippen molar-refractivity contribution in [2.24, 2.45) is 5.73 Å². The topological polar surface area (TPSA) is 345 Å². The van der Waals surface area contributed by atoms with Crippen LogP contribution in [-0.4, -0.2) is 200 Å². The summed E-state index contributed by atoms with van der Waals surface area (Å²) in [5.41, 5.74) is 9.11. The third kappa shape index (κ3) is 18.9. The number of aliphatic hydroxyl groups excluding tert-OH is 10. The SMILES string of the molecule is CC(C)(C)OC(=O)NCCCC[C@@H](c1nnn[nH]1)N(CCN(C[C@H](O)[C@@H](O)[C@H](O)[C@H](O)CO)C[C@H](O)[C@@H](O)[C@H](O)[C@H](O)CO)C(=O)CCc1ccc(-c2ccc(CCCCN)cc2)cc1. The average molecular weight is 921 g/mol. The second kappa shape index (κ2) is 28.1. The Kier molecular flexibility index (Phi) is 23.8. The molecule has 0 saturated heterocycles. The van der Waals surface area contributed by atoms with Crippen molar-refractivity contribution in [2.45, 2.75) is 133 Å². The Hall–Kier alpha value is -4.23. The zero-order valence-electron chi connectivity index (χ0n) is 37.6. The highest BCUT2D eigenvalue weighted by molar-refractivity contribution is 5.77. The molecule has 21 heteroatoms. The second-order valence-electron chi connectivity index (χ2n) is 17.3. The van der Waals surface area contributed by atoms with E-state index in [1.54, 1.807) is 20.8 Å². The number of rotatable bonds is 30. The Balaban J connectivity index is 1.89. The Morgan fingerprint density at radius 3 is 1.72 bits per heavy atom. The van der Waals surface area contributed by atoms with Gasteiger partial charge in [0.2, 0.25) is 5.91 Å². The van der Waals surface area contributed by atoms with Crippen LogP contribution in [0.1, 0.15) is 82.3 Å². The number of aromatic amines is 1. The van der Waals surface area contributed by atoms with E-state index < -0.39 is 92.9 Å². The van der Waals surface area contributed by atoms with E-state index in [9.17, 15) is 60.7 Å². The number of hydrogen-bond donors (Lipinski definition) is 13. The van der Waals surface area contributed by atoms with Gasteiger partial charge in [-0.15, -0.1) is 5.10 Å². The summed E-state index contributed by atoms with van der Waals surface area (Å²) in [5, 5.41) is 119. The molecule has 1 aromatic heterocycles. The highest BCUT2D eigenvalue weighted by Gasteiger charge is 2.35. The molecule has 9 atom stereocenters. The number of alkyl carbamates (subject to hydrolysis) is 1. The number of tetrazole rings is 1. The first kappa shape index (κ1) is 55.1. The predicted molar refractivity (Wildman–Crippen MR) is 238 cm³/mol. The van der Waals surface area contributed by atoms with E-state index in [2.05, 4.69) is 50.2 Å². The fraction of sp³-hybridized carbons (Fsp3) is 0.659. The van der Waals surface area contributed by atoms with E-state index in [1.807, 2.05) is 24.3 Å². The minimum atomic E-state index is -2.00. The molecule has 366 valence electrons. The van der Waals surface area contributed by atoms with Gasteiger partial charge in [0.05, 0.1) is 31.5 Å². The van der Waals surface area contributed by atoms with Gasteiger partial charge in [-0.25, -0.2) is 9.89 Å². The summed E-state index contributed by atoms with van der Waals surface area (Å²) in [7, 11) is 0. The Bertz CT molecular complexity index is 1740. The molecule has 0 saturated carbocycles. The van der Waals surface area contributed by atoms with Crippen LogP contribution in [0, 0.1) is 0 Å². The molecule has 0 aliphatic carbocycles. The van der Waals surface area contributed by atoms with Crippen LogP contribution in [0.2, 0.25) is 0 Å².